The smallest absolute Gasteiger partial charge is 0.147 e. The molecule has 20 heavy (non-hydrogen) atoms. The van der Waals surface area contributed by atoms with E-state index in [1.807, 2.05) is 43.3 Å². The van der Waals surface area contributed by atoms with Crippen LogP contribution in [0.25, 0.3) is 0 Å². The van der Waals surface area contributed by atoms with Crippen LogP contribution in [0.4, 0.5) is 0 Å². The zero-order valence-electron chi connectivity index (χ0n) is 12.3. The van der Waals surface area contributed by atoms with Crippen molar-refractivity contribution in [3.05, 3.63) is 71.8 Å². The van der Waals surface area contributed by atoms with Crippen LogP contribution in [-0.2, 0) is 10.2 Å². The molecule has 104 valence electrons. The second-order valence-corrected chi connectivity index (χ2v) is 5.16. The fraction of sp³-hybridized carbons (Fsp3) is 0.316. The average molecular weight is 266 g/mol. The first-order valence-corrected chi connectivity index (χ1v) is 7.40. The first-order valence-electron chi connectivity index (χ1n) is 7.40. The Hall–Kier alpha value is -1.89. The standard InChI is InChI=1S/C19H22O/c1-3-15-19(18(20)4-2,16-11-7-5-8-12-16)17-13-9-6-10-14-17/h5-14H,3-4,15H2,1-2H3. The molecule has 0 amide bonds. The molecule has 0 radical (unpaired) electrons. The number of rotatable bonds is 6. The Kier molecular flexibility index (Phi) is 4.73. The number of ketones is 1. The van der Waals surface area contributed by atoms with Gasteiger partial charge in [0.05, 0.1) is 5.41 Å². The fourth-order valence-electron chi connectivity index (χ4n) is 3.04. The third-order valence-corrected chi connectivity index (χ3v) is 3.96. The van der Waals surface area contributed by atoms with E-state index in [9.17, 15) is 4.79 Å². The van der Waals surface area contributed by atoms with Crippen LogP contribution in [0.15, 0.2) is 60.7 Å². The van der Waals surface area contributed by atoms with Gasteiger partial charge in [0.25, 0.3) is 0 Å². The lowest BCUT2D eigenvalue weighted by Gasteiger charge is -2.33. The van der Waals surface area contributed by atoms with Crippen LogP contribution in [0, 0.1) is 0 Å². The first-order chi connectivity index (χ1) is 9.75. The summed E-state index contributed by atoms with van der Waals surface area (Å²) in [7, 11) is 0. The van der Waals surface area contributed by atoms with E-state index in [0.29, 0.717) is 12.2 Å². The molecule has 2 aromatic rings. The Morgan fingerprint density at radius 1 is 0.850 bits per heavy atom. The van der Waals surface area contributed by atoms with Crippen molar-refractivity contribution in [1.29, 1.82) is 0 Å². The molecule has 2 aromatic carbocycles. The van der Waals surface area contributed by atoms with Crippen molar-refractivity contribution in [3.8, 4) is 0 Å². The summed E-state index contributed by atoms with van der Waals surface area (Å²) in [4.78, 5) is 12.8. The molecule has 0 aromatic heterocycles. The van der Waals surface area contributed by atoms with Gasteiger partial charge in [-0.15, -0.1) is 0 Å². The molecular formula is C19H22O. The van der Waals surface area contributed by atoms with Gasteiger partial charge >= 0.3 is 0 Å². The number of hydrogen-bond donors (Lipinski definition) is 0. The van der Waals surface area contributed by atoms with Crippen LogP contribution in [-0.4, -0.2) is 5.78 Å². The van der Waals surface area contributed by atoms with E-state index in [1.54, 1.807) is 0 Å². The molecule has 0 heterocycles. The number of carbonyl (C=O) groups excluding carboxylic acids is 1. The van der Waals surface area contributed by atoms with Crippen molar-refractivity contribution < 1.29 is 4.79 Å². The summed E-state index contributed by atoms with van der Waals surface area (Å²) in [5.41, 5.74) is 1.73. The minimum Gasteiger partial charge on any atom is -0.298 e. The maximum Gasteiger partial charge on any atom is 0.147 e. The third kappa shape index (κ3) is 2.53. The van der Waals surface area contributed by atoms with E-state index in [-0.39, 0.29) is 0 Å². The molecule has 0 unspecified atom stereocenters. The molecule has 0 aliphatic rings. The molecule has 0 saturated heterocycles. The molecule has 0 saturated carbocycles. The van der Waals surface area contributed by atoms with Crippen molar-refractivity contribution in [1.82, 2.24) is 0 Å². The van der Waals surface area contributed by atoms with Gasteiger partial charge in [0.2, 0.25) is 0 Å². The van der Waals surface area contributed by atoms with Gasteiger partial charge in [-0.1, -0.05) is 80.9 Å². The molecule has 0 atom stereocenters. The van der Waals surface area contributed by atoms with Gasteiger partial charge in [-0.2, -0.15) is 0 Å². The topological polar surface area (TPSA) is 17.1 Å². The van der Waals surface area contributed by atoms with Gasteiger partial charge < -0.3 is 0 Å². The van der Waals surface area contributed by atoms with Gasteiger partial charge in [0.15, 0.2) is 0 Å². The Morgan fingerprint density at radius 2 is 1.30 bits per heavy atom. The maximum absolute atomic E-state index is 12.8. The lowest BCUT2D eigenvalue weighted by molar-refractivity contribution is -0.123. The molecule has 2 rings (SSSR count). The Balaban J connectivity index is 2.66. The van der Waals surface area contributed by atoms with Gasteiger partial charge in [0, 0.05) is 6.42 Å². The molecule has 0 bridgehead atoms. The van der Waals surface area contributed by atoms with E-state index >= 15 is 0 Å². The summed E-state index contributed by atoms with van der Waals surface area (Å²) in [6.45, 7) is 4.10. The predicted molar refractivity (Wildman–Crippen MR) is 83.9 cm³/mol. The van der Waals surface area contributed by atoms with Crippen LogP contribution < -0.4 is 0 Å². The van der Waals surface area contributed by atoms with Crippen LogP contribution >= 0.6 is 0 Å². The SMILES string of the molecule is CCCC(C(=O)CC)(c1ccccc1)c1ccccc1. The van der Waals surface area contributed by atoms with Crippen molar-refractivity contribution in [3.63, 3.8) is 0 Å². The third-order valence-electron chi connectivity index (χ3n) is 3.96. The summed E-state index contributed by atoms with van der Waals surface area (Å²) in [6.07, 6.45) is 2.40. The number of Topliss-reactive ketones (excluding diaryl/α,β-unsaturated/α-hetero) is 1. The fourth-order valence-corrected chi connectivity index (χ4v) is 3.04. The highest BCUT2D eigenvalue weighted by atomic mass is 16.1. The molecule has 0 fully saturated rings. The van der Waals surface area contributed by atoms with Crippen LogP contribution in [0.1, 0.15) is 44.2 Å². The molecule has 0 N–H and O–H groups in total. The predicted octanol–water partition coefficient (Wildman–Crippen LogP) is 4.75. The van der Waals surface area contributed by atoms with E-state index in [1.165, 1.54) is 0 Å². The van der Waals surface area contributed by atoms with Crippen LogP contribution in [0.5, 0.6) is 0 Å². The highest BCUT2D eigenvalue weighted by molar-refractivity contribution is 5.93. The largest absolute Gasteiger partial charge is 0.298 e. The molecule has 0 aliphatic heterocycles. The van der Waals surface area contributed by atoms with Crippen molar-refractivity contribution in [2.45, 2.75) is 38.5 Å². The minimum atomic E-state index is -0.494. The minimum absolute atomic E-state index is 0.303. The van der Waals surface area contributed by atoms with Crippen LogP contribution in [0.2, 0.25) is 0 Å². The van der Waals surface area contributed by atoms with Gasteiger partial charge in [0.1, 0.15) is 5.78 Å². The molecule has 0 aliphatic carbocycles. The van der Waals surface area contributed by atoms with E-state index in [4.69, 9.17) is 0 Å². The Morgan fingerprint density at radius 3 is 1.65 bits per heavy atom. The zero-order chi connectivity index (χ0) is 14.4. The van der Waals surface area contributed by atoms with Gasteiger partial charge in [-0.05, 0) is 17.5 Å². The van der Waals surface area contributed by atoms with E-state index in [0.717, 1.165) is 24.0 Å². The zero-order valence-corrected chi connectivity index (χ0v) is 12.3. The summed E-state index contributed by atoms with van der Waals surface area (Å²) < 4.78 is 0. The normalized spacial score (nSPS) is 11.3. The number of carbonyl (C=O) groups is 1. The highest BCUT2D eigenvalue weighted by Crippen LogP contribution is 2.38. The lowest BCUT2D eigenvalue weighted by Crippen LogP contribution is -2.36. The molecule has 1 heteroatoms. The first kappa shape index (κ1) is 14.5. The van der Waals surface area contributed by atoms with Crippen LogP contribution in [0.3, 0.4) is 0 Å². The number of benzene rings is 2. The monoisotopic (exact) mass is 266 g/mol. The maximum atomic E-state index is 12.8. The number of hydrogen-bond acceptors (Lipinski definition) is 1. The van der Waals surface area contributed by atoms with E-state index < -0.39 is 5.41 Å². The lowest BCUT2D eigenvalue weighted by atomic mass is 9.68. The van der Waals surface area contributed by atoms with Gasteiger partial charge in [-0.3, -0.25) is 4.79 Å². The quantitative estimate of drug-likeness (QED) is 0.737. The van der Waals surface area contributed by atoms with Crippen molar-refractivity contribution in [2.24, 2.45) is 0 Å². The Bertz CT molecular complexity index is 503. The molecule has 0 spiro atoms. The summed E-state index contributed by atoms with van der Waals surface area (Å²) >= 11 is 0. The second-order valence-electron chi connectivity index (χ2n) is 5.16. The summed E-state index contributed by atoms with van der Waals surface area (Å²) in [5, 5.41) is 0. The van der Waals surface area contributed by atoms with Gasteiger partial charge in [-0.25, -0.2) is 0 Å². The van der Waals surface area contributed by atoms with E-state index in [2.05, 4.69) is 31.2 Å². The molecule has 1 nitrogen and oxygen atoms in total. The Labute approximate surface area is 121 Å². The summed E-state index contributed by atoms with van der Waals surface area (Å²) in [5.74, 6) is 0.303. The second kappa shape index (κ2) is 6.51. The van der Waals surface area contributed by atoms with Crippen molar-refractivity contribution in [2.75, 3.05) is 0 Å². The molecular weight excluding hydrogens is 244 g/mol. The highest BCUT2D eigenvalue weighted by Gasteiger charge is 2.39. The average Bonchev–Trinajstić information content (AvgIpc) is 2.53. The van der Waals surface area contributed by atoms with Crippen molar-refractivity contribution >= 4 is 5.78 Å². The summed E-state index contributed by atoms with van der Waals surface area (Å²) in [6, 6.07) is 20.4.